The number of fused-ring (bicyclic) bond motifs is 3. The molecule has 0 bridgehead atoms. The van der Waals surface area contributed by atoms with Crippen LogP contribution in [0.1, 0.15) is 40.9 Å². The Kier molecular flexibility index (Phi) is 5.65. The Balaban J connectivity index is 1.50. The molecule has 172 valence electrons. The molecule has 4 aromatic rings. The number of aromatic nitrogens is 4. The summed E-state index contributed by atoms with van der Waals surface area (Å²) < 4.78 is 8.90. The largest absolute Gasteiger partial charge is 0.467 e. The predicted octanol–water partition coefficient (Wildman–Crippen LogP) is 4.06. The van der Waals surface area contributed by atoms with E-state index in [9.17, 15) is 9.59 Å². The van der Waals surface area contributed by atoms with E-state index in [-0.39, 0.29) is 18.0 Å². The fraction of sp³-hybridized carbons (Fsp3) is 0.391. The minimum absolute atomic E-state index is 0.0649. The molecule has 1 atom stereocenters. The number of carbonyl (C=O) groups excluding carboxylic acids is 1. The van der Waals surface area contributed by atoms with Crippen molar-refractivity contribution in [1.82, 2.24) is 19.3 Å². The topological polar surface area (TPSA) is 95.0 Å². The molecule has 0 spiro atoms. The molecular formula is C23H25N5O3S2. The summed E-state index contributed by atoms with van der Waals surface area (Å²) in [6.45, 7) is 5.88. The van der Waals surface area contributed by atoms with Gasteiger partial charge in [0, 0.05) is 11.9 Å². The van der Waals surface area contributed by atoms with E-state index in [1.54, 1.807) is 32.9 Å². The van der Waals surface area contributed by atoms with Gasteiger partial charge in [0.1, 0.15) is 10.6 Å². The van der Waals surface area contributed by atoms with Crippen LogP contribution in [0.15, 0.2) is 32.8 Å². The van der Waals surface area contributed by atoms with Crippen LogP contribution < -0.4 is 10.9 Å². The highest BCUT2D eigenvalue weighted by Crippen LogP contribution is 2.36. The predicted molar refractivity (Wildman–Crippen MR) is 130 cm³/mol. The van der Waals surface area contributed by atoms with Crippen molar-refractivity contribution in [2.45, 2.75) is 57.0 Å². The Morgan fingerprint density at radius 1 is 1.36 bits per heavy atom. The third-order valence-electron chi connectivity index (χ3n) is 6.09. The van der Waals surface area contributed by atoms with E-state index >= 15 is 0 Å². The summed E-state index contributed by atoms with van der Waals surface area (Å²) in [5.41, 5.74) is 3.46. The van der Waals surface area contributed by atoms with Gasteiger partial charge < -0.3 is 9.73 Å². The SMILES string of the molecule is Cc1nn(C)c(C)c1NC(=O)[C@H](C)Sc1nc2sc3c(c2c(=O)n1Cc1ccco1)CCC3. The highest BCUT2D eigenvalue weighted by atomic mass is 32.2. The molecule has 1 N–H and O–H groups in total. The lowest BCUT2D eigenvalue weighted by Crippen LogP contribution is -2.27. The van der Waals surface area contributed by atoms with Gasteiger partial charge in [-0.15, -0.1) is 11.3 Å². The van der Waals surface area contributed by atoms with E-state index < -0.39 is 5.25 Å². The maximum atomic E-state index is 13.6. The average molecular weight is 484 g/mol. The number of aryl methyl sites for hydroxylation is 4. The van der Waals surface area contributed by atoms with Gasteiger partial charge in [-0.1, -0.05) is 11.8 Å². The molecule has 0 radical (unpaired) electrons. The quantitative estimate of drug-likeness (QED) is 0.328. The Bertz CT molecular complexity index is 1410. The van der Waals surface area contributed by atoms with Crippen molar-refractivity contribution in [3.8, 4) is 0 Å². The van der Waals surface area contributed by atoms with Crippen molar-refractivity contribution in [1.29, 1.82) is 0 Å². The zero-order valence-corrected chi connectivity index (χ0v) is 20.6. The lowest BCUT2D eigenvalue weighted by molar-refractivity contribution is -0.115. The number of furan rings is 1. The molecule has 4 heterocycles. The second-order valence-corrected chi connectivity index (χ2v) is 10.7. The molecule has 8 nitrogen and oxygen atoms in total. The maximum Gasteiger partial charge on any atom is 0.263 e. The van der Waals surface area contributed by atoms with Crippen molar-refractivity contribution in [2.75, 3.05) is 5.32 Å². The number of carbonyl (C=O) groups is 1. The average Bonchev–Trinajstić information content (AvgIpc) is 3.54. The molecule has 1 amide bonds. The van der Waals surface area contributed by atoms with Crippen LogP contribution in [0.25, 0.3) is 10.2 Å². The molecule has 0 aromatic carbocycles. The van der Waals surface area contributed by atoms with Crippen LogP contribution in [0.2, 0.25) is 0 Å². The smallest absolute Gasteiger partial charge is 0.263 e. The highest BCUT2D eigenvalue weighted by Gasteiger charge is 2.26. The van der Waals surface area contributed by atoms with E-state index in [1.807, 2.05) is 33.9 Å². The summed E-state index contributed by atoms with van der Waals surface area (Å²) >= 11 is 2.89. The second kappa shape index (κ2) is 8.49. The van der Waals surface area contributed by atoms with E-state index in [1.165, 1.54) is 16.6 Å². The van der Waals surface area contributed by atoms with Crippen molar-refractivity contribution in [3.63, 3.8) is 0 Å². The van der Waals surface area contributed by atoms with Crippen molar-refractivity contribution in [2.24, 2.45) is 7.05 Å². The molecule has 4 aromatic heterocycles. The summed E-state index contributed by atoms with van der Waals surface area (Å²) in [7, 11) is 1.85. The summed E-state index contributed by atoms with van der Waals surface area (Å²) in [6.07, 6.45) is 4.59. The summed E-state index contributed by atoms with van der Waals surface area (Å²) in [4.78, 5) is 33.5. The lowest BCUT2D eigenvalue weighted by Gasteiger charge is -2.15. The summed E-state index contributed by atoms with van der Waals surface area (Å²) in [5.74, 6) is 0.512. The molecular weight excluding hydrogens is 458 g/mol. The van der Waals surface area contributed by atoms with E-state index in [0.29, 0.717) is 10.9 Å². The van der Waals surface area contributed by atoms with Gasteiger partial charge in [-0.25, -0.2) is 4.98 Å². The normalized spacial score (nSPS) is 14.1. The number of anilines is 1. The fourth-order valence-electron chi connectivity index (χ4n) is 4.24. The molecule has 10 heteroatoms. The number of thiophene rings is 1. The van der Waals surface area contributed by atoms with Gasteiger partial charge in [0.05, 0.1) is 40.5 Å². The van der Waals surface area contributed by atoms with Gasteiger partial charge in [0.2, 0.25) is 5.91 Å². The van der Waals surface area contributed by atoms with Crippen molar-refractivity contribution >= 4 is 44.9 Å². The van der Waals surface area contributed by atoms with Gasteiger partial charge in [-0.05, 0) is 57.7 Å². The molecule has 1 aliphatic carbocycles. The van der Waals surface area contributed by atoms with Crippen LogP contribution in [-0.2, 0) is 31.2 Å². The van der Waals surface area contributed by atoms with Gasteiger partial charge in [-0.2, -0.15) is 5.10 Å². The molecule has 0 fully saturated rings. The third kappa shape index (κ3) is 3.91. The first kappa shape index (κ1) is 22.0. The van der Waals surface area contributed by atoms with Gasteiger partial charge in [0.15, 0.2) is 5.16 Å². The Hall–Kier alpha value is -2.85. The number of hydrogen-bond acceptors (Lipinski definition) is 7. The Morgan fingerprint density at radius 3 is 2.88 bits per heavy atom. The zero-order chi connectivity index (χ0) is 23.3. The van der Waals surface area contributed by atoms with Crippen molar-refractivity contribution in [3.05, 3.63) is 56.3 Å². The molecule has 0 saturated carbocycles. The molecule has 0 saturated heterocycles. The van der Waals surface area contributed by atoms with Crippen LogP contribution in [0.3, 0.4) is 0 Å². The molecule has 0 aliphatic heterocycles. The first-order valence-electron chi connectivity index (χ1n) is 10.9. The van der Waals surface area contributed by atoms with Crippen molar-refractivity contribution < 1.29 is 9.21 Å². The van der Waals surface area contributed by atoms with Gasteiger partial charge in [0.25, 0.3) is 5.56 Å². The second-order valence-electron chi connectivity index (χ2n) is 8.32. The molecule has 1 aliphatic rings. The first-order chi connectivity index (χ1) is 15.8. The van der Waals surface area contributed by atoms with Crippen LogP contribution in [0.5, 0.6) is 0 Å². The monoisotopic (exact) mass is 483 g/mol. The highest BCUT2D eigenvalue weighted by molar-refractivity contribution is 8.00. The maximum absolute atomic E-state index is 13.6. The Labute approximate surface area is 199 Å². The van der Waals surface area contributed by atoms with E-state index in [0.717, 1.165) is 52.1 Å². The standard InChI is InChI=1S/C23H25N5O3S2/c1-12-19(13(2)27(4)26-12)24-20(29)14(3)32-23-25-21-18(16-8-5-9-17(16)33-21)22(30)28(23)11-15-7-6-10-31-15/h6-7,10,14H,5,8-9,11H2,1-4H3,(H,24,29)/t14-/m0/s1. The van der Waals surface area contributed by atoms with Gasteiger partial charge >= 0.3 is 0 Å². The molecule has 5 rings (SSSR count). The number of amides is 1. The zero-order valence-electron chi connectivity index (χ0n) is 19.0. The van der Waals surface area contributed by atoms with Crippen LogP contribution in [0.4, 0.5) is 5.69 Å². The minimum atomic E-state index is -0.469. The van der Waals surface area contributed by atoms with Crippen LogP contribution in [-0.4, -0.2) is 30.5 Å². The molecule has 33 heavy (non-hydrogen) atoms. The fourth-order valence-corrected chi connectivity index (χ4v) is 6.45. The summed E-state index contributed by atoms with van der Waals surface area (Å²) in [5, 5.41) is 8.13. The molecule has 0 unspecified atom stereocenters. The van der Waals surface area contributed by atoms with Crippen LogP contribution in [0, 0.1) is 13.8 Å². The minimum Gasteiger partial charge on any atom is -0.467 e. The number of nitrogens with zero attached hydrogens (tertiary/aromatic N) is 4. The number of rotatable bonds is 6. The first-order valence-corrected chi connectivity index (χ1v) is 12.6. The lowest BCUT2D eigenvalue weighted by atomic mass is 10.2. The number of nitrogens with one attached hydrogen (secondary N) is 1. The van der Waals surface area contributed by atoms with Gasteiger partial charge in [-0.3, -0.25) is 18.8 Å². The van der Waals surface area contributed by atoms with E-state index in [4.69, 9.17) is 9.40 Å². The summed E-state index contributed by atoms with van der Waals surface area (Å²) in [6, 6.07) is 3.64. The number of thioether (sulfide) groups is 1. The third-order valence-corrected chi connectivity index (χ3v) is 8.37. The Morgan fingerprint density at radius 2 is 2.18 bits per heavy atom. The van der Waals surface area contributed by atoms with E-state index in [2.05, 4.69) is 10.4 Å². The number of hydrogen-bond donors (Lipinski definition) is 1. The van der Waals surface area contributed by atoms with Crippen LogP contribution >= 0.6 is 23.1 Å².